The number of hydrogen-bond donors (Lipinski definition) is 0. The maximum absolute atomic E-state index is 10.2. The predicted octanol–water partition coefficient (Wildman–Crippen LogP) is 2.99. The molecule has 0 unspecified atom stereocenters. The molecule has 0 atom stereocenters. The van der Waals surface area contributed by atoms with Crippen molar-refractivity contribution in [3.05, 3.63) is 0 Å². The van der Waals surface area contributed by atoms with Crippen LogP contribution in [0.25, 0.3) is 0 Å². The zero-order valence-corrected chi connectivity index (χ0v) is 13.9. The lowest BCUT2D eigenvalue weighted by molar-refractivity contribution is -0.165. The van der Waals surface area contributed by atoms with Crippen molar-refractivity contribution in [1.82, 2.24) is 5.06 Å². The zero-order valence-electron chi connectivity index (χ0n) is 7.40. The Morgan fingerprint density at radius 2 is 1.67 bits per heavy atom. The molecule has 0 rings (SSSR count). The number of hydrogen-bond acceptors (Lipinski definition) is 2. The van der Waals surface area contributed by atoms with Crippen LogP contribution < -0.4 is 0 Å². The third kappa shape index (κ3) is 22.6. The minimum Gasteiger partial charge on any atom is -0.275 e. The molecule has 0 fully saturated rings. The van der Waals surface area contributed by atoms with E-state index in [0.29, 0.717) is -0.565 Å². The summed E-state index contributed by atoms with van der Waals surface area (Å²) in [4.78, 5) is 14.7. The second kappa shape index (κ2) is 7.97. The van der Waals surface area contributed by atoms with Crippen molar-refractivity contribution < 1.29 is 9.63 Å². The molecule has 0 radical (unpaired) electrons. The third-order valence-electron chi connectivity index (χ3n) is 0.717. The first-order chi connectivity index (χ1) is 5.18. The summed E-state index contributed by atoms with van der Waals surface area (Å²) in [5.41, 5.74) is 0. The Kier molecular flexibility index (Phi) is 10.7. The van der Waals surface area contributed by atoms with E-state index in [0.717, 1.165) is 5.06 Å². The quantitative estimate of drug-likeness (QED) is 0.308. The second-order valence-corrected chi connectivity index (χ2v) is 14.6. The molecule has 0 aromatic carbocycles. The fourth-order valence-corrected chi connectivity index (χ4v) is 0.129. The highest BCUT2D eigenvalue weighted by Crippen LogP contribution is 2.33. The summed E-state index contributed by atoms with van der Waals surface area (Å²) in [6, 6.07) is 0. The van der Waals surface area contributed by atoms with Gasteiger partial charge in [-0.3, -0.25) is 9.63 Å². The van der Waals surface area contributed by atoms with Crippen LogP contribution in [0.3, 0.4) is 0 Å². The SMILES string of the molecule is CC(I)(I)I.CON(C)C(C)=O. The predicted molar refractivity (Wildman–Crippen MR) is 75.9 cm³/mol. The van der Waals surface area contributed by atoms with Gasteiger partial charge in [-0.25, -0.2) is 5.06 Å². The van der Waals surface area contributed by atoms with Crippen LogP contribution >= 0.6 is 67.8 Å². The van der Waals surface area contributed by atoms with Gasteiger partial charge in [-0.05, 0) is 6.92 Å². The normalized spacial score (nSPS) is 9.92. The van der Waals surface area contributed by atoms with E-state index in [1.807, 2.05) is 0 Å². The molecule has 12 heavy (non-hydrogen) atoms. The van der Waals surface area contributed by atoms with Gasteiger partial charge in [0.25, 0.3) is 0 Å². The number of amides is 1. The number of rotatable bonds is 1. The number of alkyl halides is 3. The highest BCUT2D eigenvalue weighted by molar-refractivity contribution is 14.3. The Morgan fingerprint density at radius 1 is 1.42 bits per heavy atom. The maximum Gasteiger partial charge on any atom is 0.242 e. The standard InChI is InChI=1S/C4H9NO2.C2H3I3/c1-4(6)5(2)7-3;1-2(3,4)5/h1-3H3;1H3. The topological polar surface area (TPSA) is 29.5 Å². The van der Waals surface area contributed by atoms with Crippen LogP contribution in [0.1, 0.15) is 13.8 Å². The number of halogens is 3. The van der Waals surface area contributed by atoms with Gasteiger partial charge in [0.05, 0.1) is 7.11 Å². The lowest BCUT2D eigenvalue weighted by Gasteiger charge is -2.08. The van der Waals surface area contributed by atoms with E-state index < -0.39 is 0 Å². The monoisotopic (exact) mass is 511 g/mol. The highest BCUT2D eigenvalue weighted by atomic mass is 127. The molecule has 0 aliphatic heterocycles. The second-order valence-electron chi connectivity index (χ2n) is 1.98. The first-order valence-electron chi connectivity index (χ1n) is 3.03. The molecular weight excluding hydrogens is 499 g/mol. The summed E-state index contributed by atoms with van der Waals surface area (Å²) in [6.45, 7) is 3.58. The largest absolute Gasteiger partial charge is 0.275 e. The molecule has 0 saturated carbocycles. The average molecular weight is 511 g/mol. The summed E-state index contributed by atoms with van der Waals surface area (Å²) in [5, 5.41) is 1.15. The molecule has 0 aliphatic carbocycles. The van der Waals surface area contributed by atoms with Crippen LogP contribution in [0.2, 0.25) is 0 Å². The van der Waals surface area contributed by atoms with Gasteiger partial charge >= 0.3 is 0 Å². The van der Waals surface area contributed by atoms with Gasteiger partial charge in [0.1, 0.15) is -0.565 Å². The van der Waals surface area contributed by atoms with E-state index in [9.17, 15) is 4.79 Å². The molecule has 0 aliphatic rings. The fraction of sp³-hybridized carbons (Fsp3) is 0.833. The van der Waals surface area contributed by atoms with Crippen LogP contribution in [-0.2, 0) is 9.63 Å². The molecule has 74 valence electrons. The number of carbonyl (C=O) groups excluding carboxylic acids is 1. The number of nitrogens with zero attached hydrogens (tertiary/aromatic N) is 1. The third-order valence-corrected chi connectivity index (χ3v) is 0.717. The van der Waals surface area contributed by atoms with Gasteiger partial charge in [0.2, 0.25) is 5.91 Å². The van der Waals surface area contributed by atoms with Crippen molar-refractivity contribution >= 4 is 73.7 Å². The Balaban J connectivity index is 0. The van der Waals surface area contributed by atoms with Crippen molar-refractivity contribution in [2.75, 3.05) is 14.2 Å². The first-order valence-corrected chi connectivity index (χ1v) is 6.27. The van der Waals surface area contributed by atoms with Crippen molar-refractivity contribution in [3.63, 3.8) is 0 Å². The van der Waals surface area contributed by atoms with E-state index in [2.05, 4.69) is 79.5 Å². The van der Waals surface area contributed by atoms with Gasteiger partial charge < -0.3 is 0 Å². The van der Waals surface area contributed by atoms with Crippen LogP contribution in [0, 0.1) is 0 Å². The van der Waals surface area contributed by atoms with Crippen molar-refractivity contribution in [2.45, 2.75) is 13.3 Å². The number of hydroxylamine groups is 2. The van der Waals surface area contributed by atoms with Gasteiger partial charge in [-0.15, -0.1) is 0 Å². The van der Waals surface area contributed by atoms with Gasteiger partial charge in [0, 0.05) is 14.0 Å². The first kappa shape index (κ1) is 16.1. The lowest BCUT2D eigenvalue weighted by Crippen LogP contribution is -2.21. The molecule has 0 N–H and O–H groups in total. The van der Waals surface area contributed by atoms with Crippen molar-refractivity contribution in [1.29, 1.82) is 0 Å². The Labute approximate surface area is 114 Å². The zero-order chi connectivity index (χ0) is 10.4. The lowest BCUT2D eigenvalue weighted by atomic mass is 10.7. The molecule has 0 heterocycles. The highest BCUT2D eigenvalue weighted by Gasteiger charge is 2.04. The minimum atomic E-state index is -0.0949. The van der Waals surface area contributed by atoms with Crippen LogP contribution in [0.4, 0.5) is 0 Å². The summed E-state index contributed by atoms with van der Waals surface area (Å²) in [7, 11) is 3.00. The molecule has 0 aromatic rings. The Morgan fingerprint density at radius 3 is 1.67 bits per heavy atom. The van der Waals surface area contributed by atoms with E-state index in [1.54, 1.807) is 7.05 Å². The average Bonchev–Trinajstić information content (AvgIpc) is 1.82. The summed E-state index contributed by atoms with van der Waals surface area (Å²) < 4.78 is 0.410. The van der Waals surface area contributed by atoms with Crippen molar-refractivity contribution in [3.8, 4) is 0 Å². The summed E-state index contributed by atoms with van der Waals surface area (Å²) >= 11 is 7.05. The van der Waals surface area contributed by atoms with E-state index in [1.165, 1.54) is 14.0 Å². The van der Waals surface area contributed by atoms with Gasteiger partial charge in [-0.1, -0.05) is 67.8 Å². The van der Waals surface area contributed by atoms with Gasteiger partial charge in [-0.2, -0.15) is 0 Å². The molecule has 0 spiro atoms. The molecule has 0 aromatic heterocycles. The molecule has 1 amide bonds. The Bertz CT molecular complexity index is 129. The molecule has 0 bridgehead atoms. The van der Waals surface area contributed by atoms with E-state index in [4.69, 9.17) is 0 Å². The van der Waals surface area contributed by atoms with Gasteiger partial charge in [0.15, 0.2) is 0 Å². The molecule has 6 heteroatoms. The Hall–Kier alpha value is 1.62. The summed E-state index contributed by atoms with van der Waals surface area (Å²) in [5.74, 6) is -0.0949. The fourth-order valence-electron chi connectivity index (χ4n) is 0.129. The van der Waals surface area contributed by atoms with Crippen LogP contribution in [0.15, 0.2) is 0 Å². The maximum atomic E-state index is 10.2. The van der Waals surface area contributed by atoms with E-state index in [-0.39, 0.29) is 5.91 Å². The molecule has 0 saturated heterocycles. The summed E-state index contributed by atoms with van der Waals surface area (Å²) in [6.07, 6.45) is 0. The molecular formula is C6H12I3NO2. The smallest absolute Gasteiger partial charge is 0.242 e. The van der Waals surface area contributed by atoms with E-state index >= 15 is 0 Å². The van der Waals surface area contributed by atoms with Crippen LogP contribution in [0.5, 0.6) is 0 Å². The molecule has 3 nitrogen and oxygen atoms in total. The minimum absolute atomic E-state index is 0.0949. The van der Waals surface area contributed by atoms with Crippen LogP contribution in [-0.4, -0.2) is 24.6 Å². The van der Waals surface area contributed by atoms with Crippen molar-refractivity contribution in [2.24, 2.45) is 0 Å². The number of carbonyl (C=O) groups is 1.